The van der Waals surface area contributed by atoms with Gasteiger partial charge in [-0.15, -0.1) is 0 Å². The second-order valence-electron chi connectivity index (χ2n) is 5.21. The van der Waals surface area contributed by atoms with Crippen LogP contribution in [0.5, 0.6) is 0 Å². The van der Waals surface area contributed by atoms with E-state index in [0.717, 1.165) is 24.2 Å². The molecule has 0 spiro atoms. The maximum atomic E-state index is 12.0. The van der Waals surface area contributed by atoms with E-state index in [4.69, 9.17) is 5.73 Å². The van der Waals surface area contributed by atoms with Crippen molar-refractivity contribution < 1.29 is 8.42 Å². The molecule has 1 atom stereocenters. The lowest BCUT2D eigenvalue weighted by molar-refractivity contribution is 0.534. The minimum absolute atomic E-state index is 0.291. The maximum absolute atomic E-state index is 12.0. The third-order valence-electron chi connectivity index (χ3n) is 3.81. The summed E-state index contributed by atoms with van der Waals surface area (Å²) in [6, 6.07) is 5.63. The van der Waals surface area contributed by atoms with Crippen molar-refractivity contribution in [3.63, 3.8) is 0 Å². The number of pyridine rings is 1. The van der Waals surface area contributed by atoms with Crippen LogP contribution in [0.2, 0.25) is 0 Å². The van der Waals surface area contributed by atoms with E-state index in [1.807, 2.05) is 18.2 Å². The Bertz CT molecular complexity index is 723. The van der Waals surface area contributed by atoms with Gasteiger partial charge in [0.1, 0.15) is 0 Å². The van der Waals surface area contributed by atoms with Crippen LogP contribution in [0.15, 0.2) is 18.2 Å². The highest BCUT2D eigenvalue weighted by molar-refractivity contribution is 7.92. The molecular formula is C13H18N4O2S. The van der Waals surface area contributed by atoms with Gasteiger partial charge in [-0.3, -0.25) is 0 Å². The highest BCUT2D eigenvalue weighted by Gasteiger charge is 2.30. The molecule has 1 aliphatic heterocycles. The third-order valence-corrected chi connectivity index (χ3v) is 6.09. The summed E-state index contributed by atoms with van der Waals surface area (Å²) >= 11 is 0. The molecular weight excluding hydrogens is 276 g/mol. The fourth-order valence-electron chi connectivity index (χ4n) is 2.70. The van der Waals surface area contributed by atoms with Gasteiger partial charge in [0, 0.05) is 13.0 Å². The average molecular weight is 294 g/mol. The molecule has 2 N–H and O–H groups in total. The number of aromatic nitrogens is 3. The largest absolute Gasteiger partial charge is 0.325 e. The van der Waals surface area contributed by atoms with Crippen molar-refractivity contribution in [1.82, 2.24) is 14.6 Å². The maximum Gasteiger partial charge on any atom is 0.155 e. The molecule has 1 saturated heterocycles. The van der Waals surface area contributed by atoms with Crippen LogP contribution in [0.25, 0.3) is 5.65 Å². The van der Waals surface area contributed by atoms with Gasteiger partial charge in [0.05, 0.1) is 16.7 Å². The van der Waals surface area contributed by atoms with Crippen LogP contribution in [0.3, 0.4) is 0 Å². The fraction of sp³-hybridized carbons (Fsp3) is 0.538. The number of hydrogen-bond donors (Lipinski definition) is 1. The molecule has 0 aliphatic carbocycles. The molecule has 0 radical (unpaired) electrons. The van der Waals surface area contributed by atoms with E-state index in [1.54, 1.807) is 4.52 Å². The van der Waals surface area contributed by atoms with Gasteiger partial charge >= 0.3 is 0 Å². The number of nitrogens with zero attached hydrogens (tertiary/aromatic N) is 3. The van der Waals surface area contributed by atoms with E-state index >= 15 is 0 Å². The Labute approximate surface area is 117 Å². The van der Waals surface area contributed by atoms with Crippen molar-refractivity contribution in [2.45, 2.75) is 37.5 Å². The minimum Gasteiger partial charge on any atom is -0.325 e. The van der Waals surface area contributed by atoms with Gasteiger partial charge in [0.15, 0.2) is 21.3 Å². The number of sulfone groups is 1. The number of rotatable bonds is 3. The first-order valence-electron chi connectivity index (χ1n) is 6.85. The molecule has 1 unspecified atom stereocenters. The molecule has 6 nitrogen and oxygen atoms in total. The Kier molecular flexibility index (Phi) is 3.47. The second kappa shape index (κ2) is 5.14. The molecule has 1 aliphatic rings. The lowest BCUT2D eigenvalue weighted by Crippen LogP contribution is -2.30. The number of hydrogen-bond acceptors (Lipinski definition) is 5. The normalized spacial score (nSPS) is 22.1. The number of fused-ring (bicyclic) bond motifs is 1. The molecule has 0 amide bonds. The van der Waals surface area contributed by atoms with Crippen molar-refractivity contribution in [3.05, 3.63) is 29.7 Å². The van der Waals surface area contributed by atoms with Gasteiger partial charge in [-0.25, -0.2) is 17.9 Å². The van der Waals surface area contributed by atoms with Crippen LogP contribution < -0.4 is 5.73 Å². The van der Waals surface area contributed by atoms with Crippen molar-refractivity contribution in [1.29, 1.82) is 0 Å². The first-order valence-corrected chi connectivity index (χ1v) is 8.57. The Balaban J connectivity index is 1.91. The molecule has 3 heterocycles. The molecule has 7 heteroatoms. The smallest absolute Gasteiger partial charge is 0.155 e. The van der Waals surface area contributed by atoms with Gasteiger partial charge in [-0.1, -0.05) is 12.5 Å². The van der Waals surface area contributed by atoms with Crippen molar-refractivity contribution in [2.75, 3.05) is 5.75 Å². The van der Waals surface area contributed by atoms with Crippen LogP contribution in [0.4, 0.5) is 0 Å². The summed E-state index contributed by atoms with van der Waals surface area (Å²) < 4.78 is 25.8. The van der Waals surface area contributed by atoms with Crippen molar-refractivity contribution in [3.8, 4) is 0 Å². The molecule has 0 saturated carbocycles. The summed E-state index contributed by atoms with van der Waals surface area (Å²) in [5, 5.41) is 4.07. The molecule has 20 heavy (non-hydrogen) atoms. The van der Waals surface area contributed by atoms with E-state index in [1.165, 1.54) is 0 Å². The van der Waals surface area contributed by atoms with Crippen LogP contribution in [-0.4, -0.2) is 34.0 Å². The predicted octanol–water partition coefficient (Wildman–Crippen LogP) is 0.698. The molecule has 0 bridgehead atoms. The highest BCUT2D eigenvalue weighted by Crippen LogP contribution is 2.22. The zero-order chi connectivity index (χ0) is 14.2. The van der Waals surface area contributed by atoms with E-state index in [-0.39, 0.29) is 5.25 Å². The summed E-state index contributed by atoms with van der Waals surface area (Å²) in [5.41, 5.74) is 7.25. The van der Waals surface area contributed by atoms with Crippen LogP contribution >= 0.6 is 0 Å². The Hall–Kier alpha value is -1.47. The molecule has 0 aromatic carbocycles. The molecule has 2 aromatic heterocycles. The van der Waals surface area contributed by atoms with Gasteiger partial charge in [-0.05, 0) is 25.0 Å². The summed E-state index contributed by atoms with van der Waals surface area (Å²) in [7, 11) is -2.99. The first kappa shape index (κ1) is 13.5. The van der Waals surface area contributed by atoms with E-state index in [2.05, 4.69) is 10.1 Å². The Morgan fingerprint density at radius 2 is 2.20 bits per heavy atom. The lowest BCUT2D eigenvalue weighted by Gasteiger charge is -2.20. The third kappa shape index (κ3) is 2.43. The summed E-state index contributed by atoms with van der Waals surface area (Å²) in [6.07, 6.45) is 2.84. The lowest BCUT2D eigenvalue weighted by atomic mass is 10.1. The zero-order valence-electron chi connectivity index (χ0n) is 11.2. The van der Waals surface area contributed by atoms with E-state index in [9.17, 15) is 8.42 Å². The summed E-state index contributed by atoms with van der Waals surface area (Å²) in [4.78, 5) is 4.41. The molecule has 1 fully saturated rings. The Morgan fingerprint density at radius 1 is 1.35 bits per heavy atom. The van der Waals surface area contributed by atoms with Gasteiger partial charge in [-0.2, -0.15) is 5.10 Å². The van der Waals surface area contributed by atoms with Gasteiger partial charge in [0.25, 0.3) is 0 Å². The average Bonchev–Trinajstić information content (AvgIpc) is 2.83. The zero-order valence-corrected chi connectivity index (χ0v) is 12.0. The minimum atomic E-state index is -2.99. The second-order valence-corrected chi connectivity index (χ2v) is 7.61. The highest BCUT2D eigenvalue weighted by atomic mass is 32.2. The fourth-order valence-corrected chi connectivity index (χ4v) is 4.57. The molecule has 108 valence electrons. The predicted molar refractivity (Wildman–Crippen MR) is 76.0 cm³/mol. The van der Waals surface area contributed by atoms with E-state index < -0.39 is 9.84 Å². The van der Waals surface area contributed by atoms with Crippen LogP contribution in [-0.2, 0) is 22.8 Å². The Morgan fingerprint density at radius 3 is 2.95 bits per heavy atom. The SMILES string of the molecule is NCc1cccc2nc(CC3CCCCS3(=O)=O)nn12. The number of nitrogens with two attached hydrogens (primary N) is 1. The van der Waals surface area contributed by atoms with Gasteiger partial charge in [0.2, 0.25) is 0 Å². The summed E-state index contributed by atoms with van der Waals surface area (Å²) in [5.74, 6) is 0.875. The molecule has 3 rings (SSSR count). The quantitative estimate of drug-likeness (QED) is 0.899. The van der Waals surface area contributed by atoms with E-state index in [0.29, 0.717) is 31.0 Å². The van der Waals surface area contributed by atoms with Crippen molar-refractivity contribution in [2.24, 2.45) is 5.73 Å². The van der Waals surface area contributed by atoms with Crippen LogP contribution in [0, 0.1) is 0 Å². The molecule has 2 aromatic rings. The van der Waals surface area contributed by atoms with Crippen molar-refractivity contribution >= 4 is 15.5 Å². The monoisotopic (exact) mass is 294 g/mol. The summed E-state index contributed by atoms with van der Waals surface area (Å²) in [6.45, 7) is 0.377. The topological polar surface area (TPSA) is 90.3 Å². The standard InChI is InChI=1S/C13H18N4O2S/c14-9-10-4-3-6-13-15-12(16-17(10)13)8-11-5-1-2-7-20(11,18)19/h3-4,6,11H,1-2,5,7-9,14H2. The van der Waals surface area contributed by atoms with Crippen LogP contribution in [0.1, 0.15) is 30.8 Å². The first-order chi connectivity index (χ1) is 9.60. The van der Waals surface area contributed by atoms with Gasteiger partial charge < -0.3 is 5.73 Å².